The van der Waals surface area contributed by atoms with Gasteiger partial charge in [0.2, 0.25) is 0 Å². The molecule has 12 heavy (non-hydrogen) atoms. The van der Waals surface area contributed by atoms with Crippen molar-refractivity contribution in [3.8, 4) is 0 Å². The topological polar surface area (TPSA) is 26.0 Å². The Hall–Kier alpha value is 0.640. The van der Waals surface area contributed by atoms with Crippen molar-refractivity contribution in [1.82, 2.24) is 0 Å². The van der Waals surface area contributed by atoms with Gasteiger partial charge in [-0.25, -0.2) is 0 Å². The molecule has 3 heteroatoms. The van der Waals surface area contributed by atoms with Crippen LogP contribution in [0.5, 0.6) is 0 Å². The van der Waals surface area contributed by atoms with Crippen molar-refractivity contribution in [2.75, 3.05) is 9.36 Å². The van der Waals surface area contributed by atoms with Crippen LogP contribution in [0.3, 0.4) is 0 Å². The molecule has 1 nitrogen and oxygen atoms in total. The van der Waals surface area contributed by atoms with Crippen LogP contribution in [0.15, 0.2) is 30.3 Å². The van der Waals surface area contributed by atoms with Gasteiger partial charge in [0.05, 0.1) is 0 Å². The zero-order valence-corrected chi connectivity index (χ0v) is 11.3. The summed E-state index contributed by atoms with van der Waals surface area (Å²) in [4.78, 5) is 2.34. The number of rotatable bonds is 4. The Labute approximate surface area is 95.0 Å². The maximum atomic E-state index is 5.67. The molecule has 0 aliphatic carbocycles. The zero-order chi connectivity index (χ0) is 8.81. The van der Waals surface area contributed by atoms with Gasteiger partial charge in [0, 0.05) is 0 Å². The van der Waals surface area contributed by atoms with Crippen molar-refractivity contribution in [3.63, 3.8) is 0 Å². The van der Waals surface area contributed by atoms with Gasteiger partial charge in [-0.2, -0.15) is 0 Å². The molecule has 0 spiro atoms. The second-order valence-electron chi connectivity index (χ2n) is 2.41. The molecule has 0 saturated carbocycles. The van der Waals surface area contributed by atoms with E-state index in [1.807, 2.05) is 0 Å². The molecule has 0 fully saturated rings. The average Bonchev–Trinajstić information content (AvgIpc) is 2.15. The van der Waals surface area contributed by atoms with E-state index in [4.69, 9.17) is 3.95 Å². The monoisotopic (exact) mass is 389 g/mol. The van der Waals surface area contributed by atoms with Gasteiger partial charge in [0.15, 0.2) is 0 Å². The van der Waals surface area contributed by atoms with Crippen LogP contribution in [-0.4, -0.2) is 9.36 Å². The standard InChI is InChI=1S/C9H13I2N/c1-10-9(7-11-12)8-5-3-2-4-6-8/h2-6,9H,7,12H2,1H3/q-2. The molecule has 1 aromatic rings. The number of hydrogen-bond donors (Lipinski definition) is 1. The van der Waals surface area contributed by atoms with Crippen molar-refractivity contribution in [2.24, 2.45) is 3.95 Å². The van der Waals surface area contributed by atoms with E-state index in [-0.39, 0.29) is 21.5 Å². The summed E-state index contributed by atoms with van der Waals surface area (Å²) in [6.45, 7) is 0. The number of halogens is 2. The van der Waals surface area contributed by atoms with E-state index in [1.54, 1.807) is 0 Å². The van der Waals surface area contributed by atoms with Crippen molar-refractivity contribution < 1.29 is 42.7 Å². The number of hydrogen-bond acceptors (Lipinski definition) is 1. The van der Waals surface area contributed by atoms with Crippen molar-refractivity contribution >= 4 is 0 Å². The summed E-state index contributed by atoms with van der Waals surface area (Å²) in [5.74, 6) is 0. The van der Waals surface area contributed by atoms with Gasteiger partial charge in [-0.15, -0.1) is 0 Å². The molecule has 0 aromatic heterocycles. The summed E-state index contributed by atoms with van der Waals surface area (Å²) >= 11 is 0.266. The molecule has 70 valence electrons. The Morgan fingerprint density at radius 3 is 2.50 bits per heavy atom. The van der Waals surface area contributed by atoms with Crippen molar-refractivity contribution in [1.29, 1.82) is 0 Å². The Bertz CT molecular complexity index is 213. The fourth-order valence-corrected chi connectivity index (χ4v) is 6.96. The number of alkyl halides is 3. The molecule has 1 aromatic carbocycles. The van der Waals surface area contributed by atoms with Crippen LogP contribution in [0.25, 0.3) is 0 Å². The fraction of sp³-hybridized carbons (Fsp3) is 0.333. The predicted molar refractivity (Wildman–Crippen MR) is 44.2 cm³/mol. The van der Waals surface area contributed by atoms with E-state index in [0.717, 1.165) is 3.92 Å². The Kier molecular flexibility index (Phi) is 5.49. The molecule has 0 radical (unpaired) electrons. The third-order valence-corrected chi connectivity index (χ3v) is 7.39. The summed E-state index contributed by atoms with van der Waals surface area (Å²) in [5.41, 5.74) is 1.50. The molecule has 1 rings (SSSR count). The SMILES string of the molecule is C[I-]C(C[I-]N)c1ccccc1. The minimum atomic E-state index is -0.0375. The third-order valence-electron chi connectivity index (χ3n) is 1.65. The second-order valence-corrected chi connectivity index (χ2v) is 6.92. The summed E-state index contributed by atoms with van der Waals surface area (Å²) in [6, 6.07) is 10.8. The molecular formula is C9H13I2N-2. The Morgan fingerprint density at radius 1 is 1.33 bits per heavy atom. The van der Waals surface area contributed by atoms with Crippen LogP contribution >= 0.6 is 0 Å². The zero-order valence-electron chi connectivity index (χ0n) is 7.00. The normalized spacial score (nSPS) is 13.5. The molecule has 0 aliphatic rings. The van der Waals surface area contributed by atoms with Crippen LogP contribution in [-0.2, 0) is 0 Å². The average molecular weight is 389 g/mol. The number of benzene rings is 1. The fourth-order valence-electron chi connectivity index (χ4n) is 1.01. The van der Waals surface area contributed by atoms with Gasteiger partial charge in [-0.1, -0.05) is 0 Å². The van der Waals surface area contributed by atoms with Crippen LogP contribution in [0.4, 0.5) is 0 Å². The second kappa shape index (κ2) is 6.15. The molecule has 0 bridgehead atoms. The van der Waals surface area contributed by atoms with Gasteiger partial charge >= 0.3 is 95.8 Å². The van der Waals surface area contributed by atoms with Crippen molar-refractivity contribution in [2.45, 2.75) is 3.92 Å². The Morgan fingerprint density at radius 2 is 2.00 bits per heavy atom. The van der Waals surface area contributed by atoms with Gasteiger partial charge in [0.25, 0.3) is 0 Å². The molecule has 2 N–H and O–H groups in total. The van der Waals surface area contributed by atoms with E-state index in [2.05, 4.69) is 35.3 Å². The van der Waals surface area contributed by atoms with Gasteiger partial charge < -0.3 is 0 Å². The summed E-state index contributed by atoms with van der Waals surface area (Å²) in [5, 5.41) is 0. The summed E-state index contributed by atoms with van der Waals surface area (Å²) in [7, 11) is 0. The molecule has 0 aliphatic heterocycles. The van der Waals surface area contributed by atoms with Crippen LogP contribution < -0.4 is 46.6 Å². The first kappa shape index (κ1) is 10.7. The first-order chi connectivity index (χ1) is 5.88. The first-order valence-corrected chi connectivity index (χ1v) is 9.86. The minimum absolute atomic E-state index is 0.0375. The van der Waals surface area contributed by atoms with Crippen LogP contribution in [0.2, 0.25) is 0 Å². The summed E-state index contributed by atoms with van der Waals surface area (Å²) < 4.78 is 7.73. The van der Waals surface area contributed by atoms with Crippen LogP contribution in [0, 0.1) is 0 Å². The van der Waals surface area contributed by atoms with Gasteiger partial charge in [-0.3, -0.25) is 0 Å². The third kappa shape index (κ3) is 3.18. The van der Waals surface area contributed by atoms with E-state index in [1.165, 1.54) is 9.99 Å². The van der Waals surface area contributed by atoms with E-state index in [0.29, 0.717) is 21.2 Å². The first-order valence-electron chi connectivity index (χ1n) is 3.69. The maximum absolute atomic E-state index is 5.67. The molecule has 1 unspecified atom stereocenters. The molecule has 0 heterocycles. The molecular weight excluding hydrogens is 376 g/mol. The van der Waals surface area contributed by atoms with Gasteiger partial charge in [-0.05, 0) is 0 Å². The quantitative estimate of drug-likeness (QED) is 0.314. The summed E-state index contributed by atoms with van der Waals surface area (Å²) in [6.07, 6.45) is 0. The van der Waals surface area contributed by atoms with Gasteiger partial charge in [0.1, 0.15) is 0 Å². The predicted octanol–water partition coefficient (Wildman–Crippen LogP) is -4.59. The number of nitrogens with two attached hydrogens (primary N) is 1. The van der Waals surface area contributed by atoms with E-state index < -0.39 is 0 Å². The van der Waals surface area contributed by atoms with E-state index in [9.17, 15) is 0 Å². The molecule has 0 amide bonds. The molecule has 0 saturated heterocycles. The Balaban J connectivity index is 2.66. The van der Waals surface area contributed by atoms with Crippen molar-refractivity contribution in [3.05, 3.63) is 35.9 Å². The van der Waals surface area contributed by atoms with Crippen LogP contribution in [0.1, 0.15) is 9.49 Å². The molecule has 1 atom stereocenters. The van der Waals surface area contributed by atoms with E-state index >= 15 is 0 Å².